The Kier molecular flexibility index (Phi) is 4.55. The number of nitrogens with zero attached hydrogens (tertiary/aromatic N) is 3. The van der Waals surface area contributed by atoms with Crippen LogP contribution < -0.4 is 11.2 Å². The zero-order valence-electron chi connectivity index (χ0n) is 15.4. The first-order valence-electron chi connectivity index (χ1n) is 8.88. The van der Waals surface area contributed by atoms with Crippen molar-refractivity contribution >= 4 is 28.6 Å². The number of carbonyl (C=O) groups excluding carboxylic acids is 1. The van der Waals surface area contributed by atoms with E-state index in [1.54, 1.807) is 30.3 Å². The molecule has 2 aromatic heterocycles. The van der Waals surface area contributed by atoms with Gasteiger partial charge >= 0.3 is 11.7 Å². The summed E-state index contributed by atoms with van der Waals surface area (Å²) < 4.78 is 7.24. The summed E-state index contributed by atoms with van der Waals surface area (Å²) in [4.78, 5) is 43.0. The molecule has 1 aliphatic carbocycles. The van der Waals surface area contributed by atoms with Gasteiger partial charge in [-0.05, 0) is 30.5 Å². The Balaban J connectivity index is 2.02. The van der Waals surface area contributed by atoms with Gasteiger partial charge in [-0.2, -0.15) is 0 Å². The Labute approximate surface area is 165 Å². The number of hydrogen-bond acceptors (Lipinski definition) is 5. The average Bonchev–Trinajstić information content (AvgIpc) is 3.54. The minimum absolute atomic E-state index is 0.00783. The van der Waals surface area contributed by atoms with Crippen molar-refractivity contribution in [1.82, 2.24) is 14.1 Å². The highest BCUT2D eigenvalue weighted by Gasteiger charge is 2.29. The largest absolute Gasteiger partial charge is 0.465 e. The highest BCUT2D eigenvalue weighted by molar-refractivity contribution is 6.31. The molecule has 0 aliphatic heterocycles. The summed E-state index contributed by atoms with van der Waals surface area (Å²) in [5, 5.41) is 0.525. The number of aryl methyl sites for hydroxylation is 1. The fourth-order valence-corrected chi connectivity index (χ4v) is 3.49. The number of aromatic nitrogens is 3. The quantitative estimate of drug-likeness (QED) is 0.629. The van der Waals surface area contributed by atoms with E-state index in [0.717, 1.165) is 17.4 Å². The predicted octanol–water partition coefficient (Wildman–Crippen LogP) is 2.46. The van der Waals surface area contributed by atoms with E-state index in [-0.39, 0.29) is 29.1 Å². The molecule has 0 atom stereocenters. The number of hydrogen-bond donors (Lipinski definition) is 0. The summed E-state index contributed by atoms with van der Waals surface area (Å²) in [6.45, 7) is -0.00783. The van der Waals surface area contributed by atoms with Crippen LogP contribution in [0.15, 0.2) is 39.9 Å². The van der Waals surface area contributed by atoms with E-state index >= 15 is 0 Å². The van der Waals surface area contributed by atoms with Gasteiger partial charge < -0.3 is 4.74 Å². The summed E-state index contributed by atoms with van der Waals surface area (Å²) in [6.07, 6.45) is 1.94. The number of methoxy groups -OCH3 is 1. The highest BCUT2D eigenvalue weighted by atomic mass is 35.5. The zero-order chi connectivity index (χ0) is 20.0. The van der Waals surface area contributed by atoms with Gasteiger partial charge in [-0.1, -0.05) is 29.8 Å². The van der Waals surface area contributed by atoms with Crippen molar-refractivity contribution in [3.63, 3.8) is 0 Å². The zero-order valence-corrected chi connectivity index (χ0v) is 16.2. The molecule has 28 heavy (non-hydrogen) atoms. The van der Waals surface area contributed by atoms with Gasteiger partial charge in [0.25, 0.3) is 5.56 Å². The van der Waals surface area contributed by atoms with Gasteiger partial charge in [0, 0.05) is 23.7 Å². The normalized spacial score (nSPS) is 13.7. The number of benzene rings is 1. The third-order valence-electron chi connectivity index (χ3n) is 5.00. The Morgan fingerprint density at radius 1 is 1.29 bits per heavy atom. The summed E-state index contributed by atoms with van der Waals surface area (Å²) >= 11 is 6.19. The number of ether oxygens (including phenoxy) is 1. The van der Waals surface area contributed by atoms with Crippen LogP contribution in [0.4, 0.5) is 0 Å². The maximum atomic E-state index is 13.2. The smallest absolute Gasteiger partial charge is 0.338 e. The second kappa shape index (κ2) is 6.91. The molecule has 0 saturated heterocycles. The van der Waals surface area contributed by atoms with Gasteiger partial charge in [-0.15, -0.1) is 0 Å². The Morgan fingerprint density at radius 3 is 2.64 bits per heavy atom. The first-order chi connectivity index (χ1) is 13.4. The molecule has 7 nitrogen and oxygen atoms in total. The molecule has 3 aromatic rings. The Bertz CT molecular complexity index is 1220. The summed E-state index contributed by atoms with van der Waals surface area (Å²) in [7, 11) is 2.80. The molecule has 1 aliphatic rings. The van der Waals surface area contributed by atoms with Crippen molar-refractivity contribution in [2.24, 2.45) is 7.05 Å². The number of pyridine rings is 1. The average molecular weight is 400 g/mol. The van der Waals surface area contributed by atoms with Gasteiger partial charge in [0.1, 0.15) is 5.65 Å². The molecule has 1 aromatic carbocycles. The summed E-state index contributed by atoms with van der Waals surface area (Å²) in [5.74, 6) is -0.386. The molecule has 0 unspecified atom stereocenters. The van der Waals surface area contributed by atoms with Gasteiger partial charge in [0.15, 0.2) is 0 Å². The van der Waals surface area contributed by atoms with E-state index in [9.17, 15) is 14.4 Å². The van der Waals surface area contributed by atoms with Crippen molar-refractivity contribution in [3.05, 3.63) is 73.0 Å². The monoisotopic (exact) mass is 399 g/mol. The lowest BCUT2D eigenvalue weighted by atomic mass is 10.1. The number of carbonyl (C=O) groups is 1. The maximum Gasteiger partial charge on any atom is 0.338 e. The minimum atomic E-state index is -0.630. The molecule has 2 heterocycles. The third kappa shape index (κ3) is 3.01. The Morgan fingerprint density at radius 2 is 2.00 bits per heavy atom. The van der Waals surface area contributed by atoms with Gasteiger partial charge in [-0.3, -0.25) is 13.9 Å². The van der Waals surface area contributed by atoms with E-state index in [4.69, 9.17) is 16.3 Å². The SMILES string of the molecule is COC(=O)c1cc(C2CC2)nc2c1c(=O)n(Cc1ccccc1Cl)c(=O)n2C. The van der Waals surface area contributed by atoms with Gasteiger partial charge in [-0.25, -0.2) is 14.6 Å². The number of rotatable bonds is 4. The van der Waals surface area contributed by atoms with Crippen molar-refractivity contribution in [1.29, 1.82) is 0 Å². The first kappa shape index (κ1) is 18.4. The van der Waals surface area contributed by atoms with Crippen LogP contribution in [0.25, 0.3) is 11.0 Å². The fourth-order valence-electron chi connectivity index (χ4n) is 3.29. The maximum absolute atomic E-state index is 13.2. The number of fused-ring (bicyclic) bond motifs is 1. The standard InChI is InChI=1S/C20H18ClN3O4/c1-23-17-16(13(19(26)28-2)9-15(22-17)11-7-8-11)18(25)24(20(23)27)10-12-5-3-4-6-14(12)21/h3-6,9,11H,7-8,10H2,1-2H3. The molecular weight excluding hydrogens is 382 g/mol. The molecule has 8 heteroatoms. The number of halogens is 1. The molecule has 0 amide bonds. The van der Waals surface area contributed by atoms with E-state index in [0.29, 0.717) is 16.3 Å². The third-order valence-corrected chi connectivity index (χ3v) is 5.37. The van der Waals surface area contributed by atoms with Gasteiger partial charge in [0.2, 0.25) is 0 Å². The lowest BCUT2D eigenvalue weighted by Gasteiger charge is -2.14. The molecule has 0 radical (unpaired) electrons. The molecule has 0 N–H and O–H groups in total. The van der Waals surface area contributed by atoms with Crippen molar-refractivity contribution in [2.45, 2.75) is 25.3 Å². The van der Waals surface area contributed by atoms with E-state index in [2.05, 4.69) is 4.98 Å². The van der Waals surface area contributed by atoms with Crippen LogP contribution in [-0.2, 0) is 18.3 Å². The second-order valence-corrected chi connectivity index (χ2v) is 7.29. The highest BCUT2D eigenvalue weighted by Crippen LogP contribution is 2.39. The first-order valence-corrected chi connectivity index (χ1v) is 9.26. The van der Waals surface area contributed by atoms with Crippen LogP contribution in [0, 0.1) is 0 Å². The summed E-state index contributed by atoms with van der Waals surface area (Å²) in [6, 6.07) is 8.59. The molecular formula is C20H18ClN3O4. The second-order valence-electron chi connectivity index (χ2n) is 6.88. The summed E-state index contributed by atoms with van der Waals surface area (Å²) in [5.41, 5.74) is 0.538. The lowest BCUT2D eigenvalue weighted by molar-refractivity contribution is 0.0602. The lowest BCUT2D eigenvalue weighted by Crippen LogP contribution is -2.40. The van der Waals surface area contributed by atoms with Crippen LogP contribution in [0.2, 0.25) is 5.02 Å². The molecule has 144 valence electrons. The molecule has 1 fully saturated rings. The van der Waals surface area contributed by atoms with E-state index in [1.807, 2.05) is 0 Å². The van der Waals surface area contributed by atoms with Crippen molar-refractivity contribution < 1.29 is 9.53 Å². The molecule has 0 bridgehead atoms. The predicted molar refractivity (Wildman–Crippen MR) is 105 cm³/mol. The van der Waals surface area contributed by atoms with E-state index in [1.165, 1.54) is 18.7 Å². The number of esters is 1. The van der Waals surface area contributed by atoms with Crippen LogP contribution in [0.5, 0.6) is 0 Å². The Hall–Kier alpha value is -2.93. The minimum Gasteiger partial charge on any atom is -0.465 e. The van der Waals surface area contributed by atoms with Crippen LogP contribution in [-0.4, -0.2) is 27.2 Å². The van der Waals surface area contributed by atoms with Crippen LogP contribution in [0.3, 0.4) is 0 Å². The van der Waals surface area contributed by atoms with Crippen LogP contribution in [0.1, 0.15) is 40.4 Å². The van der Waals surface area contributed by atoms with Crippen molar-refractivity contribution in [3.8, 4) is 0 Å². The van der Waals surface area contributed by atoms with E-state index < -0.39 is 17.2 Å². The topological polar surface area (TPSA) is 83.2 Å². The van der Waals surface area contributed by atoms with Gasteiger partial charge in [0.05, 0.1) is 24.6 Å². The molecule has 0 spiro atoms. The fraction of sp³-hybridized carbons (Fsp3) is 0.300. The molecule has 4 rings (SSSR count). The molecule has 1 saturated carbocycles. The van der Waals surface area contributed by atoms with Crippen molar-refractivity contribution in [2.75, 3.05) is 7.11 Å². The van der Waals surface area contributed by atoms with Crippen LogP contribution >= 0.6 is 11.6 Å².